The lowest BCUT2D eigenvalue weighted by Gasteiger charge is -2.31. The number of nitrogens with one attached hydrogen (secondary N) is 1. The average molecular weight is 241 g/mol. The van der Waals surface area contributed by atoms with Gasteiger partial charge in [0.15, 0.2) is 0 Å². The molecule has 0 spiro atoms. The molecule has 0 heterocycles. The van der Waals surface area contributed by atoms with Crippen LogP contribution >= 0.6 is 0 Å². The number of aliphatic hydroxyl groups is 1. The molecule has 17 heavy (non-hydrogen) atoms. The van der Waals surface area contributed by atoms with Gasteiger partial charge in [-0.3, -0.25) is 0 Å². The summed E-state index contributed by atoms with van der Waals surface area (Å²) in [5, 5.41) is 13.1. The smallest absolute Gasteiger partial charge is 0.0614 e. The lowest BCUT2D eigenvalue weighted by Crippen LogP contribution is -2.50. The number of hydrogen-bond donors (Lipinski definition) is 2. The Labute approximate surface area is 105 Å². The van der Waals surface area contributed by atoms with E-state index in [9.17, 15) is 5.11 Å². The Balaban J connectivity index is 1.71. The van der Waals surface area contributed by atoms with E-state index in [1.165, 1.54) is 19.3 Å². The highest BCUT2D eigenvalue weighted by atomic mass is 16.5. The fraction of sp³-hybridized carbons (Fsp3) is 1.00. The molecule has 100 valence electrons. The van der Waals surface area contributed by atoms with Gasteiger partial charge < -0.3 is 15.2 Å². The Morgan fingerprint density at radius 1 is 1.35 bits per heavy atom. The van der Waals surface area contributed by atoms with Gasteiger partial charge in [-0.25, -0.2) is 0 Å². The van der Waals surface area contributed by atoms with Gasteiger partial charge in [-0.2, -0.15) is 0 Å². The predicted molar refractivity (Wildman–Crippen MR) is 69.0 cm³/mol. The highest BCUT2D eigenvalue weighted by Crippen LogP contribution is 2.35. The van der Waals surface area contributed by atoms with Gasteiger partial charge >= 0.3 is 0 Å². The third-order valence-corrected chi connectivity index (χ3v) is 4.04. The predicted octanol–water partition coefficient (Wildman–Crippen LogP) is 2.08. The van der Waals surface area contributed by atoms with E-state index in [1.54, 1.807) is 0 Å². The molecular formula is C14H27NO2. The lowest BCUT2D eigenvalue weighted by atomic mass is 9.97. The Hall–Kier alpha value is -0.120. The van der Waals surface area contributed by atoms with Crippen LogP contribution in [0.3, 0.4) is 0 Å². The Kier molecular flexibility index (Phi) is 4.45. The fourth-order valence-corrected chi connectivity index (χ4v) is 2.96. The molecule has 2 atom stereocenters. The molecule has 3 nitrogen and oxygen atoms in total. The number of aliphatic hydroxyl groups excluding tert-OH is 1. The van der Waals surface area contributed by atoms with Gasteiger partial charge in [-0.05, 0) is 31.6 Å². The van der Waals surface area contributed by atoms with E-state index in [2.05, 4.69) is 19.2 Å². The van der Waals surface area contributed by atoms with Crippen LogP contribution in [0.25, 0.3) is 0 Å². The van der Waals surface area contributed by atoms with E-state index in [0.29, 0.717) is 12.1 Å². The normalized spacial score (nSPS) is 33.5. The van der Waals surface area contributed by atoms with E-state index in [4.69, 9.17) is 4.74 Å². The second-order valence-corrected chi connectivity index (χ2v) is 6.21. The second-order valence-electron chi connectivity index (χ2n) is 6.21. The molecule has 2 rings (SSSR count). The van der Waals surface area contributed by atoms with Crippen LogP contribution in [0.15, 0.2) is 0 Å². The molecule has 0 bridgehead atoms. The first-order chi connectivity index (χ1) is 8.13. The van der Waals surface area contributed by atoms with Crippen LogP contribution in [0.2, 0.25) is 0 Å². The van der Waals surface area contributed by atoms with Crippen LogP contribution < -0.4 is 5.32 Å². The highest BCUT2D eigenvalue weighted by molar-refractivity contribution is 4.97. The molecule has 0 aromatic heterocycles. The van der Waals surface area contributed by atoms with Gasteiger partial charge in [0.05, 0.1) is 12.7 Å². The minimum Gasteiger partial charge on any atom is -0.394 e. The van der Waals surface area contributed by atoms with Gasteiger partial charge in [0.1, 0.15) is 0 Å². The molecule has 0 saturated heterocycles. The van der Waals surface area contributed by atoms with Crippen molar-refractivity contribution in [3.63, 3.8) is 0 Å². The first-order valence-corrected chi connectivity index (χ1v) is 7.14. The van der Waals surface area contributed by atoms with Crippen molar-refractivity contribution in [3.8, 4) is 0 Å². The van der Waals surface area contributed by atoms with Crippen molar-refractivity contribution in [2.75, 3.05) is 13.2 Å². The summed E-state index contributed by atoms with van der Waals surface area (Å²) >= 11 is 0. The highest BCUT2D eigenvalue weighted by Gasteiger charge is 2.39. The number of hydrogen-bond acceptors (Lipinski definition) is 3. The van der Waals surface area contributed by atoms with E-state index < -0.39 is 0 Å². The average Bonchev–Trinajstić information content (AvgIpc) is 3.01. The van der Waals surface area contributed by atoms with Gasteiger partial charge in [0, 0.05) is 18.2 Å². The Morgan fingerprint density at radius 2 is 2.12 bits per heavy atom. The molecule has 2 aliphatic carbocycles. The summed E-state index contributed by atoms with van der Waals surface area (Å²) in [6, 6.07) is 0.423. The van der Waals surface area contributed by atoms with Gasteiger partial charge in [-0.15, -0.1) is 0 Å². The summed E-state index contributed by atoms with van der Waals surface area (Å²) in [5.74, 6) is 0.952. The molecule has 0 amide bonds. The standard InChI is InChI=1S/C14H27NO2/c1-11(2)15-14(10-16)7-5-13(9-14)17-8-6-12-3-4-12/h11-13,15-16H,3-10H2,1-2H3. The summed E-state index contributed by atoms with van der Waals surface area (Å²) in [4.78, 5) is 0. The fourth-order valence-electron chi connectivity index (χ4n) is 2.96. The van der Waals surface area contributed by atoms with Crippen LogP contribution in [0.1, 0.15) is 52.4 Å². The van der Waals surface area contributed by atoms with Crippen LogP contribution in [-0.4, -0.2) is 36.0 Å². The van der Waals surface area contributed by atoms with Gasteiger partial charge in [0.25, 0.3) is 0 Å². The third kappa shape index (κ3) is 3.94. The minimum absolute atomic E-state index is 0.0849. The molecule has 0 aliphatic heterocycles. The van der Waals surface area contributed by atoms with Crippen molar-refractivity contribution < 1.29 is 9.84 Å². The first kappa shape index (κ1) is 13.3. The number of rotatable bonds is 7. The molecule has 0 radical (unpaired) electrons. The summed E-state index contributed by atoms with van der Waals surface area (Å²) in [5.41, 5.74) is -0.0849. The van der Waals surface area contributed by atoms with Gasteiger partial charge in [0.2, 0.25) is 0 Å². The van der Waals surface area contributed by atoms with Crippen molar-refractivity contribution in [3.05, 3.63) is 0 Å². The molecule has 2 saturated carbocycles. The zero-order chi connectivity index (χ0) is 12.3. The summed E-state index contributed by atoms with van der Waals surface area (Å²) in [6.07, 6.45) is 7.49. The second kappa shape index (κ2) is 5.68. The Bertz CT molecular complexity index is 240. The molecule has 0 aromatic rings. The van der Waals surface area contributed by atoms with Crippen molar-refractivity contribution in [2.24, 2.45) is 5.92 Å². The monoisotopic (exact) mass is 241 g/mol. The van der Waals surface area contributed by atoms with Crippen molar-refractivity contribution in [2.45, 2.75) is 70.1 Å². The molecule has 3 heteroatoms. The maximum atomic E-state index is 9.59. The van der Waals surface area contributed by atoms with Crippen molar-refractivity contribution in [1.82, 2.24) is 5.32 Å². The molecule has 2 fully saturated rings. The Morgan fingerprint density at radius 3 is 2.71 bits per heavy atom. The quantitative estimate of drug-likeness (QED) is 0.717. The zero-order valence-electron chi connectivity index (χ0n) is 11.2. The molecular weight excluding hydrogens is 214 g/mol. The van der Waals surface area contributed by atoms with Crippen LogP contribution in [0, 0.1) is 5.92 Å². The third-order valence-electron chi connectivity index (χ3n) is 4.04. The van der Waals surface area contributed by atoms with E-state index in [0.717, 1.165) is 31.8 Å². The topological polar surface area (TPSA) is 41.5 Å². The minimum atomic E-state index is -0.0849. The van der Waals surface area contributed by atoms with Crippen LogP contribution in [-0.2, 0) is 4.74 Å². The maximum Gasteiger partial charge on any atom is 0.0614 e. The molecule has 2 unspecified atom stereocenters. The van der Waals surface area contributed by atoms with Crippen LogP contribution in [0.5, 0.6) is 0 Å². The first-order valence-electron chi connectivity index (χ1n) is 7.14. The summed E-state index contributed by atoms with van der Waals surface area (Å²) in [6.45, 7) is 5.42. The zero-order valence-corrected chi connectivity index (χ0v) is 11.2. The number of ether oxygens (including phenoxy) is 1. The maximum absolute atomic E-state index is 9.59. The SMILES string of the molecule is CC(C)NC1(CO)CCC(OCCC2CC2)C1. The van der Waals surface area contributed by atoms with Crippen molar-refractivity contribution in [1.29, 1.82) is 0 Å². The van der Waals surface area contributed by atoms with Crippen molar-refractivity contribution >= 4 is 0 Å². The lowest BCUT2D eigenvalue weighted by molar-refractivity contribution is 0.0424. The summed E-state index contributed by atoms with van der Waals surface area (Å²) < 4.78 is 5.94. The van der Waals surface area contributed by atoms with E-state index >= 15 is 0 Å². The molecule has 2 aliphatic rings. The largest absolute Gasteiger partial charge is 0.394 e. The van der Waals surface area contributed by atoms with Gasteiger partial charge in [-0.1, -0.05) is 26.7 Å². The summed E-state index contributed by atoms with van der Waals surface area (Å²) in [7, 11) is 0. The molecule has 0 aromatic carbocycles. The molecule has 2 N–H and O–H groups in total. The van der Waals surface area contributed by atoms with Crippen LogP contribution in [0.4, 0.5) is 0 Å². The van der Waals surface area contributed by atoms with E-state index in [-0.39, 0.29) is 12.1 Å². The van der Waals surface area contributed by atoms with E-state index in [1.807, 2.05) is 0 Å².